The zero-order valence-corrected chi connectivity index (χ0v) is 8.36. The van der Waals surface area contributed by atoms with Crippen molar-refractivity contribution in [2.45, 2.75) is 44.1 Å². The van der Waals surface area contributed by atoms with Crippen LogP contribution in [0, 0.1) is 0 Å². The molecule has 0 unspecified atom stereocenters. The van der Waals surface area contributed by atoms with Crippen LogP contribution in [0.1, 0.15) is 13.3 Å². The smallest absolute Gasteiger partial charge is 0.388 e. The van der Waals surface area contributed by atoms with Crippen molar-refractivity contribution in [2.75, 3.05) is 0 Å². The molecule has 1 saturated heterocycles. The summed E-state index contributed by atoms with van der Waals surface area (Å²) in [6, 6.07) is -1.17. The lowest BCUT2D eigenvalue weighted by Crippen LogP contribution is -2.56. The molecule has 0 spiro atoms. The Bertz CT molecular complexity index is 270. The minimum absolute atomic E-state index is 0.284. The molecule has 1 rings (SSSR count). The van der Waals surface area contributed by atoms with Gasteiger partial charge in [-0.2, -0.15) is 13.2 Å². The maximum Gasteiger partial charge on any atom is 0.471 e. The SMILES string of the molecule is C[C@@H]1O[C@@H](O)C[C@H](NC(=O)C(F)(F)F)[C@@H]1O. The van der Waals surface area contributed by atoms with Crippen molar-refractivity contribution in [1.82, 2.24) is 5.32 Å². The van der Waals surface area contributed by atoms with Crippen LogP contribution in [0.4, 0.5) is 13.2 Å². The molecule has 0 aromatic heterocycles. The van der Waals surface area contributed by atoms with Crippen molar-refractivity contribution < 1.29 is 32.9 Å². The van der Waals surface area contributed by atoms with Gasteiger partial charge in [0.25, 0.3) is 0 Å². The van der Waals surface area contributed by atoms with Gasteiger partial charge in [-0.1, -0.05) is 0 Å². The van der Waals surface area contributed by atoms with Gasteiger partial charge in [0.15, 0.2) is 6.29 Å². The van der Waals surface area contributed by atoms with E-state index in [4.69, 9.17) is 9.84 Å². The molecule has 0 radical (unpaired) electrons. The van der Waals surface area contributed by atoms with E-state index in [1.165, 1.54) is 6.92 Å². The molecule has 0 bridgehead atoms. The topological polar surface area (TPSA) is 78.8 Å². The lowest BCUT2D eigenvalue weighted by molar-refractivity contribution is -0.207. The van der Waals surface area contributed by atoms with Gasteiger partial charge in [0.1, 0.15) is 6.10 Å². The molecule has 1 heterocycles. The third-order valence-corrected chi connectivity index (χ3v) is 2.29. The predicted molar refractivity (Wildman–Crippen MR) is 45.2 cm³/mol. The highest BCUT2D eigenvalue weighted by molar-refractivity contribution is 5.82. The molecular formula is C8H12F3NO4. The lowest BCUT2D eigenvalue weighted by atomic mass is 9.99. The van der Waals surface area contributed by atoms with Crippen LogP contribution in [0.5, 0.6) is 0 Å². The first-order valence-corrected chi connectivity index (χ1v) is 4.61. The van der Waals surface area contributed by atoms with Gasteiger partial charge in [0.2, 0.25) is 0 Å². The number of alkyl halides is 3. The van der Waals surface area contributed by atoms with Gasteiger partial charge < -0.3 is 20.3 Å². The summed E-state index contributed by atoms with van der Waals surface area (Å²) in [5.74, 6) is -2.14. The molecule has 1 aliphatic rings. The van der Waals surface area contributed by atoms with Gasteiger partial charge in [-0.15, -0.1) is 0 Å². The molecule has 1 amide bonds. The fraction of sp³-hybridized carbons (Fsp3) is 0.875. The van der Waals surface area contributed by atoms with E-state index in [0.717, 1.165) is 0 Å². The fourth-order valence-electron chi connectivity index (χ4n) is 1.46. The minimum atomic E-state index is -5.01. The van der Waals surface area contributed by atoms with E-state index in [2.05, 4.69) is 0 Å². The molecule has 8 heteroatoms. The minimum Gasteiger partial charge on any atom is -0.388 e. The summed E-state index contributed by atoms with van der Waals surface area (Å²) in [5.41, 5.74) is 0. The van der Waals surface area contributed by atoms with Gasteiger partial charge in [0.05, 0.1) is 12.1 Å². The second-order valence-electron chi connectivity index (χ2n) is 3.60. The molecule has 16 heavy (non-hydrogen) atoms. The number of hydrogen-bond acceptors (Lipinski definition) is 4. The Balaban J connectivity index is 2.62. The standard InChI is InChI=1S/C8H12F3NO4/c1-3-6(14)4(2-5(13)16-3)12-7(15)8(9,10)11/h3-6,13-14H,2H2,1H3,(H,12,15)/t3-,4-,5+,6+/m0/s1. The molecule has 1 fully saturated rings. The molecule has 0 aliphatic carbocycles. The van der Waals surface area contributed by atoms with Crippen LogP contribution in [-0.2, 0) is 9.53 Å². The number of carbonyl (C=O) groups is 1. The van der Waals surface area contributed by atoms with Crippen LogP contribution in [0.15, 0.2) is 0 Å². The number of rotatable bonds is 1. The average molecular weight is 243 g/mol. The van der Waals surface area contributed by atoms with Gasteiger partial charge in [-0.05, 0) is 6.92 Å². The average Bonchev–Trinajstić information content (AvgIpc) is 2.11. The summed E-state index contributed by atoms with van der Waals surface area (Å²) in [5, 5.41) is 20.2. The van der Waals surface area contributed by atoms with Gasteiger partial charge in [-0.25, -0.2) is 0 Å². The maximum absolute atomic E-state index is 11.9. The van der Waals surface area contributed by atoms with E-state index < -0.39 is 36.6 Å². The Morgan fingerprint density at radius 2 is 2.00 bits per heavy atom. The van der Waals surface area contributed by atoms with Crippen molar-refractivity contribution in [1.29, 1.82) is 0 Å². The third kappa shape index (κ3) is 3.06. The number of aliphatic hydroxyl groups is 2. The van der Waals surface area contributed by atoms with Crippen molar-refractivity contribution in [3.63, 3.8) is 0 Å². The molecule has 0 aromatic rings. The maximum atomic E-state index is 11.9. The first-order valence-electron chi connectivity index (χ1n) is 4.61. The molecular weight excluding hydrogens is 231 g/mol. The molecule has 0 saturated carbocycles. The summed E-state index contributed by atoms with van der Waals surface area (Å²) in [7, 11) is 0. The zero-order chi connectivity index (χ0) is 12.5. The summed E-state index contributed by atoms with van der Waals surface area (Å²) in [6.07, 6.45) is -8.71. The number of aliphatic hydroxyl groups excluding tert-OH is 2. The normalized spacial score (nSPS) is 35.9. The predicted octanol–water partition coefficient (Wildman–Crippen LogP) is -0.478. The highest BCUT2D eigenvalue weighted by Gasteiger charge is 2.43. The van der Waals surface area contributed by atoms with Crippen molar-refractivity contribution >= 4 is 5.91 Å². The zero-order valence-electron chi connectivity index (χ0n) is 8.36. The van der Waals surface area contributed by atoms with E-state index in [-0.39, 0.29) is 6.42 Å². The Morgan fingerprint density at radius 1 is 1.44 bits per heavy atom. The first kappa shape index (κ1) is 13.2. The van der Waals surface area contributed by atoms with Crippen LogP contribution in [0.3, 0.4) is 0 Å². The third-order valence-electron chi connectivity index (χ3n) is 2.29. The summed E-state index contributed by atoms with van der Waals surface area (Å²) < 4.78 is 40.6. The molecule has 3 N–H and O–H groups in total. The van der Waals surface area contributed by atoms with E-state index in [9.17, 15) is 23.1 Å². The van der Waals surface area contributed by atoms with Crippen LogP contribution in [-0.4, -0.2) is 46.8 Å². The number of carbonyl (C=O) groups excluding carboxylic acids is 1. The van der Waals surface area contributed by atoms with Crippen molar-refractivity contribution in [3.05, 3.63) is 0 Å². The first-order chi connectivity index (χ1) is 7.21. The molecule has 4 atom stereocenters. The molecule has 94 valence electrons. The number of nitrogens with one attached hydrogen (secondary N) is 1. The molecule has 1 aliphatic heterocycles. The monoisotopic (exact) mass is 243 g/mol. The highest BCUT2D eigenvalue weighted by Crippen LogP contribution is 2.21. The molecule has 5 nitrogen and oxygen atoms in total. The molecule has 0 aromatic carbocycles. The van der Waals surface area contributed by atoms with E-state index in [0.29, 0.717) is 0 Å². The summed E-state index contributed by atoms with van der Waals surface area (Å²) in [6.45, 7) is 1.39. The van der Waals surface area contributed by atoms with Crippen LogP contribution >= 0.6 is 0 Å². The summed E-state index contributed by atoms with van der Waals surface area (Å²) in [4.78, 5) is 10.6. The Hall–Kier alpha value is -0.860. The summed E-state index contributed by atoms with van der Waals surface area (Å²) >= 11 is 0. The van der Waals surface area contributed by atoms with Crippen molar-refractivity contribution in [2.24, 2.45) is 0 Å². The van der Waals surface area contributed by atoms with Crippen LogP contribution in [0.25, 0.3) is 0 Å². The van der Waals surface area contributed by atoms with Gasteiger partial charge >= 0.3 is 12.1 Å². The van der Waals surface area contributed by atoms with Gasteiger partial charge in [-0.3, -0.25) is 4.79 Å². The second kappa shape index (κ2) is 4.56. The van der Waals surface area contributed by atoms with Gasteiger partial charge in [0, 0.05) is 6.42 Å². The highest BCUT2D eigenvalue weighted by atomic mass is 19.4. The van der Waals surface area contributed by atoms with E-state index in [1.54, 1.807) is 5.32 Å². The number of halogens is 3. The van der Waals surface area contributed by atoms with E-state index in [1.807, 2.05) is 0 Å². The van der Waals surface area contributed by atoms with Crippen LogP contribution in [0.2, 0.25) is 0 Å². The Kier molecular flexibility index (Phi) is 3.76. The number of ether oxygens (including phenoxy) is 1. The quantitative estimate of drug-likeness (QED) is 0.581. The Labute approximate surface area is 89.2 Å². The Morgan fingerprint density at radius 3 is 2.50 bits per heavy atom. The van der Waals surface area contributed by atoms with Crippen molar-refractivity contribution in [3.8, 4) is 0 Å². The second-order valence-corrected chi connectivity index (χ2v) is 3.60. The van der Waals surface area contributed by atoms with E-state index >= 15 is 0 Å². The van der Waals surface area contributed by atoms with Crippen LogP contribution < -0.4 is 5.32 Å². The largest absolute Gasteiger partial charge is 0.471 e. The fourth-order valence-corrected chi connectivity index (χ4v) is 1.46. The number of hydrogen-bond donors (Lipinski definition) is 3. The lowest BCUT2D eigenvalue weighted by Gasteiger charge is -2.36. The number of amides is 1.